The molecule has 1 fully saturated rings. The highest BCUT2D eigenvalue weighted by atomic mass is 127. The number of benzene rings is 2. The van der Waals surface area contributed by atoms with Crippen molar-refractivity contribution in [3.8, 4) is 5.75 Å². The number of pyridine rings is 1. The second-order valence-corrected chi connectivity index (χ2v) is 10.3. The average Bonchev–Trinajstić information content (AvgIpc) is 3.38. The minimum Gasteiger partial charge on any atom is -0.484 e. The van der Waals surface area contributed by atoms with Crippen LogP contribution in [-0.4, -0.2) is 27.6 Å². The molecule has 9 heteroatoms. The smallest absolute Gasteiger partial charge is 0.262 e. The van der Waals surface area contributed by atoms with Gasteiger partial charge >= 0.3 is 0 Å². The summed E-state index contributed by atoms with van der Waals surface area (Å²) in [5.74, 6) is 0.428. The molecule has 0 unspecified atom stereocenters. The van der Waals surface area contributed by atoms with Crippen LogP contribution in [0.1, 0.15) is 34.7 Å². The number of rotatable bonds is 7. The molecule has 0 radical (unpaired) electrons. The number of anilines is 2. The van der Waals surface area contributed by atoms with Crippen molar-refractivity contribution in [3.63, 3.8) is 0 Å². The number of nitrogens with one attached hydrogen (secondary N) is 3. The van der Waals surface area contributed by atoms with Crippen LogP contribution in [0.25, 0.3) is 0 Å². The highest BCUT2D eigenvalue weighted by molar-refractivity contribution is 14.1. The van der Waals surface area contributed by atoms with Crippen molar-refractivity contribution in [3.05, 3.63) is 105 Å². The summed E-state index contributed by atoms with van der Waals surface area (Å²) in [6, 6.07) is 22.7. The van der Waals surface area contributed by atoms with Crippen LogP contribution < -0.4 is 20.3 Å². The highest BCUT2D eigenvalue weighted by Gasteiger charge is 2.43. The van der Waals surface area contributed by atoms with Crippen LogP contribution in [0.4, 0.5) is 11.4 Å². The van der Waals surface area contributed by atoms with Crippen molar-refractivity contribution < 1.29 is 9.53 Å². The number of nitrogens with zero attached hydrogens (tertiary/aromatic N) is 2. The Hall–Kier alpha value is -3.44. The monoisotopic (exact) mass is 623 g/mol. The van der Waals surface area contributed by atoms with E-state index < -0.39 is 0 Å². The zero-order chi connectivity index (χ0) is 25.9. The van der Waals surface area contributed by atoms with E-state index in [1.165, 1.54) is 9.13 Å². The summed E-state index contributed by atoms with van der Waals surface area (Å²) < 4.78 is 6.73. The number of carbonyl (C=O) groups excluding carboxylic acids is 1. The van der Waals surface area contributed by atoms with Crippen LogP contribution in [0.5, 0.6) is 5.75 Å². The number of halogens is 1. The third-order valence-corrected chi connectivity index (χ3v) is 7.99. The lowest BCUT2D eigenvalue weighted by molar-refractivity contribution is -0.118. The fourth-order valence-electron chi connectivity index (χ4n) is 4.62. The number of H-pyrrole nitrogens is 1. The van der Waals surface area contributed by atoms with Crippen LogP contribution in [0.15, 0.2) is 79.0 Å². The number of aromatic nitrogens is 2. The number of amides is 1. The normalized spacial score (nSPS) is 16.9. The van der Waals surface area contributed by atoms with E-state index in [1.807, 2.05) is 72.8 Å². The molecule has 7 nitrogen and oxygen atoms in total. The van der Waals surface area contributed by atoms with Crippen LogP contribution in [0, 0.1) is 17.4 Å². The standard InChI is InChI=1S/C28H26IN5O2S/c1-17-24(25(29)18(2)31-17)27-26(22-10-6-7-15-30-22)33-28(37)34(27)20-13-11-19(12-14-20)32-23(35)16-36-21-8-4-3-5-9-21/h3-15,26-27,31H,16H2,1-2H3,(H,32,35)(H,33,37)/t26-,27+/m0/s1. The second-order valence-electron chi connectivity index (χ2n) is 8.80. The predicted octanol–water partition coefficient (Wildman–Crippen LogP) is 5.83. The summed E-state index contributed by atoms with van der Waals surface area (Å²) in [5.41, 5.74) is 5.95. The van der Waals surface area contributed by atoms with E-state index >= 15 is 0 Å². The fourth-order valence-corrected chi connectivity index (χ4v) is 5.82. The Morgan fingerprint density at radius 1 is 1.05 bits per heavy atom. The minimum absolute atomic E-state index is 0.0652. The van der Waals surface area contributed by atoms with Gasteiger partial charge in [0.1, 0.15) is 5.75 Å². The van der Waals surface area contributed by atoms with E-state index in [4.69, 9.17) is 17.0 Å². The number of aryl methyl sites for hydroxylation is 2. The number of carbonyl (C=O) groups is 1. The lowest BCUT2D eigenvalue weighted by atomic mass is 9.96. The van der Waals surface area contributed by atoms with Gasteiger partial charge in [-0.2, -0.15) is 0 Å². The Balaban J connectivity index is 1.39. The Labute approximate surface area is 234 Å². The summed E-state index contributed by atoms with van der Waals surface area (Å²) in [5, 5.41) is 7.02. The van der Waals surface area contributed by atoms with Crippen molar-refractivity contribution in [1.82, 2.24) is 15.3 Å². The van der Waals surface area contributed by atoms with Gasteiger partial charge in [-0.25, -0.2) is 0 Å². The maximum Gasteiger partial charge on any atom is 0.262 e. The van der Waals surface area contributed by atoms with Crippen molar-refractivity contribution in [1.29, 1.82) is 0 Å². The van der Waals surface area contributed by atoms with Gasteiger partial charge < -0.3 is 25.3 Å². The molecule has 3 N–H and O–H groups in total. The molecule has 1 amide bonds. The molecule has 1 aliphatic heterocycles. The Morgan fingerprint density at radius 3 is 2.43 bits per heavy atom. The average molecular weight is 624 g/mol. The summed E-state index contributed by atoms with van der Waals surface area (Å²) in [4.78, 5) is 22.7. The van der Waals surface area contributed by atoms with Crippen molar-refractivity contribution in [2.75, 3.05) is 16.8 Å². The SMILES string of the molecule is Cc1[nH]c(C)c([C@@H]2[C@H](c3ccccn3)NC(=S)N2c2ccc(NC(=O)COc3ccccc3)cc2)c1I. The minimum atomic E-state index is -0.226. The first kappa shape index (κ1) is 25.2. The first-order chi connectivity index (χ1) is 17.9. The third kappa shape index (κ3) is 5.33. The van der Waals surface area contributed by atoms with Gasteiger partial charge in [-0.15, -0.1) is 0 Å². The molecule has 3 heterocycles. The molecule has 2 atom stereocenters. The Bertz CT molecular complexity index is 1410. The van der Waals surface area contributed by atoms with E-state index in [9.17, 15) is 4.79 Å². The summed E-state index contributed by atoms with van der Waals surface area (Å²) in [6.07, 6.45) is 1.80. The molecular formula is C28H26IN5O2S. The van der Waals surface area contributed by atoms with E-state index in [-0.39, 0.29) is 24.6 Å². The Morgan fingerprint density at radius 2 is 1.78 bits per heavy atom. The van der Waals surface area contributed by atoms with E-state index in [0.717, 1.165) is 22.8 Å². The molecule has 5 rings (SSSR count). The molecule has 1 saturated heterocycles. The molecule has 2 aromatic heterocycles. The van der Waals surface area contributed by atoms with Crippen molar-refractivity contribution >= 4 is 57.2 Å². The molecule has 4 aromatic rings. The topological polar surface area (TPSA) is 82.3 Å². The number of hydrogen-bond donors (Lipinski definition) is 3. The molecule has 0 bridgehead atoms. The molecule has 2 aromatic carbocycles. The third-order valence-electron chi connectivity index (χ3n) is 6.28. The summed E-state index contributed by atoms with van der Waals surface area (Å²) in [6.45, 7) is 4.11. The van der Waals surface area contributed by atoms with Gasteiger partial charge in [0.05, 0.1) is 17.8 Å². The maximum absolute atomic E-state index is 12.4. The first-order valence-corrected chi connectivity index (χ1v) is 13.3. The number of thiocarbonyl (C=S) groups is 1. The summed E-state index contributed by atoms with van der Waals surface area (Å²) in [7, 11) is 0. The van der Waals surface area contributed by atoms with Gasteiger partial charge in [-0.05, 0) is 97.2 Å². The zero-order valence-corrected chi connectivity index (χ0v) is 23.3. The van der Waals surface area contributed by atoms with Crippen molar-refractivity contribution in [2.24, 2.45) is 0 Å². The lowest BCUT2D eigenvalue weighted by Crippen LogP contribution is -2.29. The van der Waals surface area contributed by atoms with Crippen LogP contribution in [0.3, 0.4) is 0 Å². The van der Waals surface area contributed by atoms with Crippen LogP contribution in [-0.2, 0) is 4.79 Å². The van der Waals surface area contributed by atoms with E-state index in [0.29, 0.717) is 16.5 Å². The fraction of sp³-hybridized carbons (Fsp3) is 0.179. The number of para-hydroxylation sites is 1. The zero-order valence-electron chi connectivity index (χ0n) is 20.4. The molecule has 188 valence electrons. The molecule has 0 spiro atoms. The lowest BCUT2D eigenvalue weighted by Gasteiger charge is -2.28. The van der Waals surface area contributed by atoms with Gasteiger partial charge in [0.2, 0.25) is 0 Å². The first-order valence-electron chi connectivity index (χ1n) is 11.9. The van der Waals surface area contributed by atoms with E-state index in [1.54, 1.807) is 6.20 Å². The number of ether oxygens (including phenoxy) is 1. The van der Waals surface area contributed by atoms with Crippen LogP contribution in [0.2, 0.25) is 0 Å². The quantitative estimate of drug-likeness (QED) is 0.178. The summed E-state index contributed by atoms with van der Waals surface area (Å²) >= 11 is 8.24. The van der Waals surface area contributed by atoms with E-state index in [2.05, 4.69) is 61.9 Å². The molecule has 37 heavy (non-hydrogen) atoms. The van der Waals surface area contributed by atoms with Gasteiger partial charge in [-0.3, -0.25) is 9.78 Å². The van der Waals surface area contributed by atoms with Gasteiger partial charge in [0.25, 0.3) is 5.91 Å². The Kier molecular flexibility index (Phi) is 7.43. The molecule has 1 aliphatic rings. The molecule has 0 aliphatic carbocycles. The second kappa shape index (κ2) is 10.9. The largest absolute Gasteiger partial charge is 0.484 e. The van der Waals surface area contributed by atoms with Gasteiger partial charge in [0, 0.05) is 38.1 Å². The maximum atomic E-state index is 12.4. The predicted molar refractivity (Wildman–Crippen MR) is 158 cm³/mol. The molecular weight excluding hydrogens is 597 g/mol. The number of hydrogen-bond acceptors (Lipinski definition) is 4. The molecule has 0 saturated carbocycles. The highest BCUT2D eigenvalue weighted by Crippen LogP contribution is 2.44. The van der Waals surface area contributed by atoms with Gasteiger partial charge in [-0.1, -0.05) is 24.3 Å². The van der Waals surface area contributed by atoms with Crippen LogP contribution >= 0.6 is 34.8 Å². The van der Waals surface area contributed by atoms with Crippen molar-refractivity contribution in [2.45, 2.75) is 25.9 Å². The van der Waals surface area contributed by atoms with Gasteiger partial charge in [0.15, 0.2) is 11.7 Å². The number of aromatic amines is 1.